The molecule has 24 heavy (non-hydrogen) atoms. The summed E-state index contributed by atoms with van der Waals surface area (Å²) in [5, 5.41) is 9.61. The van der Waals surface area contributed by atoms with E-state index in [1.165, 1.54) is 0 Å². The monoisotopic (exact) mass is 320 g/mol. The molecule has 4 rings (SSSR count). The smallest absolute Gasteiger partial charge is 0.434 e. The maximum Gasteiger partial charge on any atom is 0.513 e. The van der Waals surface area contributed by atoms with Gasteiger partial charge in [0, 0.05) is 10.8 Å². The standard InChI is InChI=1S/C17H12N4O3/c1-2-23-17(22)24-12-5-3-10(4-6-12)16-19-14-7-11-9-18-21-13(11)8-15(14)20-16/h3-9H,2H2,1H3. The van der Waals surface area contributed by atoms with Gasteiger partial charge in [-0.05, 0) is 43.3 Å². The molecule has 7 nitrogen and oxygen atoms in total. The number of hydrogen-bond acceptors (Lipinski definition) is 7. The van der Waals surface area contributed by atoms with Crippen molar-refractivity contribution in [3.63, 3.8) is 0 Å². The van der Waals surface area contributed by atoms with Gasteiger partial charge in [0.25, 0.3) is 0 Å². The molecule has 0 N–H and O–H groups in total. The zero-order valence-corrected chi connectivity index (χ0v) is 12.8. The molecule has 0 bridgehead atoms. The van der Waals surface area contributed by atoms with Crippen LogP contribution >= 0.6 is 0 Å². The summed E-state index contributed by atoms with van der Waals surface area (Å²) in [4.78, 5) is 20.3. The van der Waals surface area contributed by atoms with Gasteiger partial charge in [-0.25, -0.2) is 14.8 Å². The van der Waals surface area contributed by atoms with Crippen LogP contribution in [0.4, 0.5) is 16.2 Å². The second-order valence-corrected chi connectivity index (χ2v) is 5.10. The minimum absolute atomic E-state index is 0.270. The average molecular weight is 320 g/mol. The number of amidine groups is 1. The first-order chi connectivity index (χ1) is 11.7. The highest BCUT2D eigenvalue weighted by atomic mass is 16.7. The van der Waals surface area contributed by atoms with Crippen LogP contribution in [0.3, 0.4) is 0 Å². The van der Waals surface area contributed by atoms with Crippen LogP contribution < -0.4 is 15.3 Å². The molecule has 7 heteroatoms. The Morgan fingerprint density at radius 2 is 1.92 bits per heavy atom. The van der Waals surface area contributed by atoms with Gasteiger partial charge in [-0.1, -0.05) is 0 Å². The molecule has 0 saturated carbocycles. The Kier molecular flexibility index (Phi) is 3.38. The third-order valence-corrected chi connectivity index (χ3v) is 3.51. The highest BCUT2D eigenvalue weighted by Crippen LogP contribution is 2.20. The van der Waals surface area contributed by atoms with Crippen LogP contribution in [0.25, 0.3) is 6.20 Å². The van der Waals surface area contributed by atoms with Crippen LogP contribution in [-0.4, -0.2) is 18.6 Å². The molecule has 2 aliphatic rings. The Hall–Kier alpha value is -3.35. The predicted molar refractivity (Wildman–Crippen MR) is 86.5 cm³/mol. The Morgan fingerprint density at radius 1 is 1.08 bits per heavy atom. The van der Waals surface area contributed by atoms with E-state index in [0.29, 0.717) is 11.6 Å². The summed E-state index contributed by atoms with van der Waals surface area (Å²) in [5.41, 5.74) is 2.42. The van der Waals surface area contributed by atoms with Crippen LogP contribution in [0, 0.1) is 0 Å². The SMILES string of the molecule is CCOC(=O)Oc1ccc(C2=Nc3cc4c(cc3=N2)N=NC=4)cc1. The number of carbonyl (C=O) groups is 1. The quantitative estimate of drug-likeness (QED) is 0.644. The first-order valence-corrected chi connectivity index (χ1v) is 7.40. The van der Waals surface area contributed by atoms with Gasteiger partial charge in [0.1, 0.15) is 5.75 Å². The second-order valence-electron chi connectivity index (χ2n) is 5.10. The molecule has 0 aromatic heterocycles. The van der Waals surface area contributed by atoms with E-state index in [9.17, 15) is 4.79 Å². The zero-order valence-electron chi connectivity index (χ0n) is 12.8. The second kappa shape index (κ2) is 5.69. The van der Waals surface area contributed by atoms with Crippen LogP contribution in [0.5, 0.6) is 5.75 Å². The maximum absolute atomic E-state index is 11.3. The summed E-state index contributed by atoms with van der Waals surface area (Å²) >= 11 is 0. The van der Waals surface area contributed by atoms with Crippen molar-refractivity contribution >= 4 is 29.6 Å². The molecular weight excluding hydrogens is 308 g/mol. The van der Waals surface area contributed by atoms with Gasteiger partial charge in [0.15, 0.2) is 5.84 Å². The Bertz CT molecular complexity index is 1010. The van der Waals surface area contributed by atoms with E-state index in [2.05, 4.69) is 20.2 Å². The van der Waals surface area contributed by atoms with Crippen LogP contribution in [0.2, 0.25) is 0 Å². The van der Waals surface area contributed by atoms with Crippen LogP contribution in [-0.2, 0) is 4.74 Å². The lowest BCUT2D eigenvalue weighted by molar-refractivity contribution is 0.104. The number of benzene rings is 2. The molecule has 2 aliphatic heterocycles. The number of fused-ring (bicyclic) bond motifs is 2. The lowest BCUT2D eigenvalue weighted by Gasteiger charge is -2.04. The first-order valence-electron chi connectivity index (χ1n) is 7.40. The number of nitrogens with zero attached hydrogens (tertiary/aromatic N) is 4. The van der Waals surface area contributed by atoms with E-state index < -0.39 is 6.16 Å². The molecule has 2 heterocycles. The van der Waals surface area contributed by atoms with Crippen molar-refractivity contribution in [2.24, 2.45) is 20.2 Å². The molecule has 118 valence electrons. The fraction of sp³-hybridized carbons (Fsp3) is 0.118. The molecule has 0 radical (unpaired) electrons. The molecule has 0 spiro atoms. The molecule has 0 fully saturated rings. The normalized spacial score (nSPS) is 13.5. The summed E-state index contributed by atoms with van der Waals surface area (Å²) in [6, 6.07) is 10.7. The van der Waals surface area contributed by atoms with E-state index in [1.807, 2.05) is 12.1 Å². The minimum Gasteiger partial charge on any atom is -0.434 e. The first kappa shape index (κ1) is 14.3. The van der Waals surface area contributed by atoms with E-state index in [4.69, 9.17) is 9.47 Å². The molecular formula is C17H12N4O3. The van der Waals surface area contributed by atoms with Crippen molar-refractivity contribution < 1.29 is 14.3 Å². The van der Waals surface area contributed by atoms with Gasteiger partial charge in [0.2, 0.25) is 0 Å². The van der Waals surface area contributed by atoms with E-state index in [-0.39, 0.29) is 6.61 Å². The number of ether oxygens (including phenoxy) is 2. The van der Waals surface area contributed by atoms with Gasteiger partial charge in [-0.15, -0.1) is 0 Å². The molecule has 0 atom stereocenters. The van der Waals surface area contributed by atoms with Crippen molar-refractivity contribution in [2.75, 3.05) is 6.61 Å². The van der Waals surface area contributed by atoms with Gasteiger partial charge in [0.05, 0.1) is 29.5 Å². The largest absolute Gasteiger partial charge is 0.513 e. The summed E-state index contributed by atoms with van der Waals surface area (Å²) in [7, 11) is 0. The van der Waals surface area contributed by atoms with Crippen molar-refractivity contribution in [2.45, 2.75) is 6.92 Å². The summed E-state index contributed by atoms with van der Waals surface area (Å²) in [5.74, 6) is 1.01. The van der Waals surface area contributed by atoms with Crippen molar-refractivity contribution in [1.82, 2.24) is 0 Å². The van der Waals surface area contributed by atoms with Gasteiger partial charge >= 0.3 is 6.16 Å². The number of aliphatic imine (C=N–C) groups is 1. The van der Waals surface area contributed by atoms with E-state index in [1.54, 1.807) is 37.4 Å². The molecule has 0 aliphatic carbocycles. The summed E-state index contributed by atoms with van der Waals surface area (Å²) < 4.78 is 9.76. The van der Waals surface area contributed by atoms with Crippen LogP contribution in [0.1, 0.15) is 12.5 Å². The molecule has 0 saturated heterocycles. The van der Waals surface area contributed by atoms with Crippen LogP contribution in [0.15, 0.2) is 56.6 Å². The van der Waals surface area contributed by atoms with Gasteiger partial charge in [-0.2, -0.15) is 10.2 Å². The van der Waals surface area contributed by atoms with Crippen molar-refractivity contribution in [3.8, 4) is 5.75 Å². The van der Waals surface area contributed by atoms with Gasteiger partial charge in [-0.3, -0.25) is 0 Å². The molecule has 2 aromatic carbocycles. The Labute approximate surface area is 136 Å². The fourth-order valence-corrected chi connectivity index (χ4v) is 2.40. The number of azo groups is 1. The highest BCUT2D eigenvalue weighted by molar-refractivity contribution is 6.02. The maximum atomic E-state index is 11.3. The number of hydrogen-bond donors (Lipinski definition) is 0. The molecule has 2 aromatic rings. The predicted octanol–water partition coefficient (Wildman–Crippen LogP) is 2.77. The number of rotatable bonds is 3. The summed E-state index contributed by atoms with van der Waals surface area (Å²) in [6.07, 6.45) is 0.977. The molecule has 0 unspecified atom stereocenters. The topological polar surface area (TPSA) is 85.0 Å². The highest BCUT2D eigenvalue weighted by Gasteiger charge is 2.14. The van der Waals surface area contributed by atoms with E-state index in [0.717, 1.165) is 27.5 Å². The lowest BCUT2D eigenvalue weighted by Crippen LogP contribution is -2.10. The Balaban J connectivity index is 1.58. The van der Waals surface area contributed by atoms with Gasteiger partial charge < -0.3 is 9.47 Å². The zero-order chi connectivity index (χ0) is 16.5. The fourth-order valence-electron chi connectivity index (χ4n) is 2.40. The van der Waals surface area contributed by atoms with E-state index >= 15 is 0 Å². The van der Waals surface area contributed by atoms with Crippen molar-refractivity contribution in [1.29, 1.82) is 0 Å². The summed E-state index contributed by atoms with van der Waals surface area (Å²) in [6.45, 7) is 1.99. The third-order valence-electron chi connectivity index (χ3n) is 3.51. The van der Waals surface area contributed by atoms with Crippen molar-refractivity contribution in [3.05, 3.63) is 52.5 Å². The molecule has 0 amide bonds. The number of carbonyl (C=O) groups excluding carboxylic acids is 1. The average Bonchev–Trinajstić information content (AvgIpc) is 3.18. The third kappa shape index (κ3) is 2.56. The Morgan fingerprint density at radius 3 is 2.71 bits per heavy atom. The minimum atomic E-state index is -0.722. The lowest BCUT2D eigenvalue weighted by atomic mass is 10.2.